The van der Waals surface area contributed by atoms with E-state index in [-0.39, 0.29) is 43.2 Å². The number of nitrogens with one attached hydrogen (secondary N) is 1. The highest BCUT2D eigenvalue weighted by Crippen LogP contribution is 2.66. The minimum absolute atomic E-state index is 0.0559. The smallest absolute Gasteiger partial charge is 0.345 e. The molecule has 52 heavy (non-hydrogen) atoms. The van der Waals surface area contributed by atoms with Gasteiger partial charge < -0.3 is 9.72 Å². The fourth-order valence-electron chi connectivity index (χ4n) is 8.04. The van der Waals surface area contributed by atoms with E-state index in [0.29, 0.717) is 5.65 Å². The molecule has 1 aliphatic rings. The lowest BCUT2D eigenvalue weighted by atomic mass is 9.61. The van der Waals surface area contributed by atoms with Crippen molar-refractivity contribution in [1.82, 2.24) is 24.2 Å². The number of imidazole rings is 1. The van der Waals surface area contributed by atoms with Crippen molar-refractivity contribution in [3.05, 3.63) is 131 Å². The molecule has 0 bridgehead atoms. The van der Waals surface area contributed by atoms with Crippen molar-refractivity contribution in [3.63, 3.8) is 0 Å². The molecule has 0 amide bonds. The number of ether oxygens (including phenoxy) is 1. The quantitative estimate of drug-likeness (QED) is 0.0542. The van der Waals surface area contributed by atoms with Crippen LogP contribution in [-0.4, -0.2) is 73.3 Å². The number of nitrogens with zero attached hydrogens (tertiary/aromatic N) is 5. The second kappa shape index (κ2) is 15.7. The summed E-state index contributed by atoms with van der Waals surface area (Å²) in [6.07, 6.45) is 1.70. The first-order valence-electron chi connectivity index (χ1n) is 17.5. The van der Waals surface area contributed by atoms with E-state index in [2.05, 4.69) is 57.4 Å². The first-order chi connectivity index (χ1) is 25.1. The molecule has 2 aromatic heterocycles. The van der Waals surface area contributed by atoms with E-state index in [9.17, 15) is 14.9 Å². The second-order valence-corrected chi connectivity index (χ2v) is 15.9. The fraction of sp³-hybridized carbons (Fsp3) is 0.385. The van der Waals surface area contributed by atoms with Crippen molar-refractivity contribution >= 4 is 19.0 Å². The Hall–Kier alpha value is -4.31. The van der Waals surface area contributed by atoms with Crippen LogP contribution in [0.25, 0.3) is 11.2 Å². The molecule has 1 aliphatic heterocycles. The largest absolute Gasteiger partial charge is 0.347 e. The number of rotatable bonds is 15. The summed E-state index contributed by atoms with van der Waals surface area (Å²) in [6.45, 7) is 7.97. The molecule has 13 heteroatoms. The van der Waals surface area contributed by atoms with Crippen LogP contribution in [0.4, 0.5) is 0 Å². The van der Waals surface area contributed by atoms with Crippen molar-refractivity contribution in [2.75, 3.05) is 19.9 Å². The summed E-state index contributed by atoms with van der Waals surface area (Å²) in [6, 6.07) is 32.2. The molecule has 1 fully saturated rings. The molecule has 272 valence electrons. The maximum atomic E-state index is 13.2. The first kappa shape index (κ1) is 37.4. The highest BCUT2D eigenvalue weighted by molar-refractivity contribution is 7.63. The summed E-state index contributed by atoms with van der Waals surface area (Å²) in [7, 11) is -2.02. The SMILES string of the molecule is COOC[C@H]1O[C@](n2cnc3c(=O)[nH]cnc32)(C(c2ccccc2)(c2ccccc2)c2ccccc2)C[C@@H]1O[P+](O)(CCC#N)N(C(C)C)C(C)C. The van der Waals surface area contributed by atoms with Gasteiger partial charge in [0.25, 0.3) is 5.56 Å². The van der Waals surface area contributed by atoms with Crippen molar-refractivity contribution in [3.8, 4) is 6.07 Å². The van der Waals surface area contributed by atoms with Gasteiger partial charge in [0.15, 0.2) is 16.9 Å². The number of aromatic nitrogens is 4. The average molecular weight is 726 g/mol. The third-order valence-corrected chi connectivity index (χ3v) is 12.8. The summed E-state index contributed by atoms with van der Waals surface area (Å²) < 4.78 is 18.4. The monoisotopic (exact) mass is 725 g/mol. The van der Waals surface area contributed by atoms with Gasteiger partial charge in [-0.2, -0.15) is 9.79 Å². The topological polar surface area (TPSA) is 148 Å². The van der Waals surface area contributed by atoms with E-state index in [1.165, 1.54) is 13.4 Å². The highest BCUT2D eigenvalue weighted by atomic mass is 31.2. The van der Waals surface area contributed by atoms with Gasteiger partial charge in [0.05, 0.1) is 37.7 Å². The van der Waals surface area contributed by atoms with Crippen LogP contribution in [0.1, 0.15) is 57.2 Å². The van der Waals surface area contributed by atoms with Crippen LogP contribution in [0.5, 0.6) is 0 Å². The van der Waals surface area contributed by atoms with Crippen LogP contribution in [-0.2, 0) is 30.2 Å². The molecule has 12 nitrogen and oxygen atoms in total. The predicted octanol–water partition coefficient (Wildman–Crippen LogP) is 6.35. The number of hydrogen-bond donors (Lipinski definition) is 2. The Bertz CT molecular complexity index is 1920. The minimum Gasteiger partial charge on any atom is -0.345 e. The normalized spacial score (nSPS) is 20.5. The molecule has 4 atom stereocenters. The zero-order valence-corrected chi connectivity index (χ0v) is 31.0. The van der Waals surface area contributed by atoms with E-state index >= 15 is 0 Å². The average Bonchev–Trinajstić information content (AvgIpc) is 3.74. The molecule has 0 spiro atoms. The Morgan fingerprint density at radius 2 is 1.56 bits per heavy atom. The number of fused-ring (bicyclic) bond motifs is 1. The van der Waals surface area contributed by atoms with E-state index in [4.69, 9.17) is 19.0 Å². The van der Waals surface area contributed by atoms with Gasteiger partial charge in [0, 0.05) is 18.5 Å². The minimum atomic E-state index is -3.45. The molecule has 5 aromatic rings. The van der Waals surface area contributed by atoms with Crippen LogP contribution in [0.3, 0.4) is 0 Å². The third-order valence-electron chi connectivity index (χ3n) is 9.76. The Morgan fingerprint density at radius 1 is 1.00 bits per heavy atom. The number of H-pyrrole nitrogens is 1. The zero-order valence-electron chi connectivity index (χ0n) is 30.1. The molecule has 2 N–H and O–H groups in total. The Balaban J connectivity index is 1.71. The van der Waals surface area contributed by atoms with E-state index in [0.717, 1.165) is 16.7 Å². The van der Waals surface area contributed by atoms with Crippen LogP contribution in [0.15, 0.2) is 108 Å². The summed E-state index contributed by atoms with van der Waals surface area (Å²) in [4.78, 5) is 48.5. The standard InChI is InChI=1S/C39H45N6O6P/c1-28(2)45(29(3)4)52(47,23-15-22-40)51-33-24-38(50-34(33)25-49-48-5,44-27-43-35-36(44)41-26-42-37(35)46)39(30-16-9-6-10-17-30,31-18-11-7-12-19-31)32-20-13-8-14-21-32/h6-14,16-21,26-29,33-34,47H,15,23-25H2,1-5H3/p+1/t33-,34+,38-,52?/m0/s1. The second-order valence-electron chi connectivity index (χ2n) is 13.5. The predicted molar refractivity (Wildman–Crippen MR) is 199 cm³/mol. The number of aromatic amines is 1. The molecule has 6 rings (SSSR count). The Morgan fingerprint density at radius 3 is 2.06 bits per heavy atom. The van der Waals surface area contributed by atoms with Crippen molar-refractivity contribution in [2.45, 2.75) is 76.0 Å². The summed E-state index contributed by atoms with van der Waals surface area (Å²) in [5.41, 5.74) is 0.145. The highest BCUT2D eigenvalue weighted by Gasteiger charge is 2.66. The van der Waals surface area contributed by atoms with E-state index in [1.807, 2.05) is 91.5 Å². The van der Waals surface area contributed by atoms with Crippen LogP contribution >= 0.6 is 7.87 Å². The lowest BCUT2D eigenvalue weighted by Gasteiger charge is -2.50. The van der Waals surface area contributed by atoms with Crippen molar-refractivity contribution < 1.29 is 23.9 Å². The summed E-state index contributed by atoms with van der Waals surface area (Å²) in [5, 5.41) is 9.71. The van der Waals surface area contributed by atoms with Crippen molar-refractivity contribution in [1.29, 1.82) is 5.26 Å². The van der Waals surface area contributed by atoms with Gasteiger partial charge in [0.2, 0.25) is 0 Å². The Kier molecular flexibility index (Phi) is 11.3. The summed E-state index contributed by atoms with van der Waals surface area (Å²) >= 11 is 0. The van der Waals surface area contributed by atoms with Gasteiger partial charge in [-0.25, -0.2) is 24.6 Å². The molecule has 3 heterocycles. The third kappa shape index (κ3) is 6.59. The molecule has 0 radical (unpaired) electrons. The van der Waals surface area contributed by atoms with Crippen molar-refractivity contribution in [2.24, 2.45) is 0 Å². The van der Waals surface area contributed by atoms with Gasteiger partial charge in [-0.1, -0.05) is 91.0 Å². The van der Waals surface area contributed by atoms with Crippen LogP contribution in [0.2, 0.25) is 0 Å². The first-order valence-corrected chi connectivity index (χ1v) is 19.3. The summed E-state index contributed by atoms with van der Waals surface area (Å²) in [5.74, 6) is 0. The molecule has 3 aromatic carbocycles. The van der Waals surface area contributed by atoms with Gasteiger partial charge >= 0.3 is 7.87 Å². The van der Waals surface area contributed by atoms with Gasteiger partial charge in [0.1, 0.15) is 25.0 Å². The van der Waals surface area contributed by atoms with Gasteiger partial charge in [-0.3, -0.25) is 9.36 Å². The Labute approximate surface area is 304 Å². The molecule has 1 saturated heterocycles. The number of hydrogen-bond acceptors (Lipinski definition) is 10. The van der Waals surface area contributed by atoms with Crippen LogP contribution in [0, 0.1) is 11.3 Å². The molecular weight excluding hydrogens is 679 g/mol. The molecule has 1 unspecified atom stereocenters. The van der Waals surface area contributed by atoms with Crippen LogP contribution < -0.4 is 5.56 Å². The van der Waals surface area contributed by atoms with Gasteiger partial charge in [-0.15, -0.1) is 4.67 Å². The lowest BCUT2D eigenvalue weighted by molar-refractivity contribution is -0.295. The number of nitriles is 1. The zero-order chi connectivity index (χ0) is 36.9. The maximum Gasteiger partial charge on any atom is 0.347 e. The number of benzene rings is 3. The molecule has 0 saturated carbocycles. The van der Waals surface area contributed by atoms with E-state index < -0.39 is 36.8 Å². The fourth-order valence-corrected chi connectivity index (χ4v) is 11.0. The molecular formula is C39H46N6O6P+. The van der Waals surface area contributed by atoms with Gasteiger partial charge in [-0.05, 0) is 44.4 Å². The molecule has 0 aliphatic carbocycles. The van der Waals surface area contributed by atoms with E-state index in [1.54, 1.807) is 6.33 Å². The maximum absolute atomic E-state index is 13.2. The lowest BCUT2D eigenvalue weighted by Crippen LogP contribution is -2.55.